The Morgan fingerprint density at radius 2 is 1.82 bits per heavy atom. The van der Waals surface area contributed by atoms with Crippen LogP contribution in [-0.4, -0.2) is 23.7 Å². The van der Waals surface area contributed by atoms with Crippen LogP contribution in [0.15, 0.2) is 30.3 Å². The zero-order chi connectivity index (χ0) is 15.8. The molecular formula is C16H23N3O3. The molecule has 1 aliphatic carbocycles. The molecule has 4 N–H and O–H groups in total. The molecule has 0 spiro atoms. The quantitative estimate of drug-likeness (QED) is 0.496. The van der Waals surface area contributed by atoms with Crippen LogP contribution in [-0.2, 0) is 4.79 Å². The van der Waals surface area contributed by atoms with Gasteiger partial charge < -0.3 is 10.6 Å². The molecule has 0 unspecified atom stereocenters. The van der Waals surface area contributed by atoms with E-state index in [1.807, 2.05) is 6.07 Å². The molecule has 120 valence electrons. The fourth-order valence-electron chi connectivity index (χ4n) is 2.85. The van der Waals surface area contributed by atoms with E-state index in [9.17, 15) is 9.59 Å². The Morgan fingerprint density at radius 1 is 1.14 bits per heavy atom. The van der Waals surface area contributed by atoms with Gasteiger partial charge in [0, 0.05) is 6.54 Å². The lowest BCUT2D eigenvalue weighted by molar-refractivity contribution is -0.123. The Labute approximate surface area is 130 Å². The van der Waals surface area contributed by atoms with Gasteiger partial charge in [0.15, 0.2) is 0 Å². The lowest BCUT2D eigenvalue weighted by Crippen LogP contribution is -2.44. The number of rotatable bonds is 5. The number of urea groups is 1. The summed E-state index contributed by atoms with van der Waals surface area (Å²) in [5.74, 6) is 0.251. The summed E-state index contributed by atoms with van der Waals surface area (Å²) in [5, 5.41) is 14.0. The number of carbonyl (C=O) groups is 2. The van der Waals surface area contributed by atoms with Crippen molar-refractivity contribution in [1.29, 1.82) is 0 Å². The van der Waals surface area contributed by atoms with Crippen molar-refractivity contribution in [1.82, 2.24) is 16.1 Å². The number of carbonyl (C=O) groups excluding carboxylic acids is 2. The van der Waals surface area contributed by atoms with Crippen LogP contribution in [0.5, 0.6) is 0 Å². The second kappa shape index (κ2) is 8.38. The van der Waals surface area contributed by atoms with Gasteiger partial charge in [-0.2, -0.15) is 0 Å². The highest BCUT2D eigenvalue weighted by Crippen LogP contribution is 2.23. The first-order valence-corrected chi connectivity index (χ1v) is 7.74. The van der Waals surface area contributed by atoms with E-state index in [0.717, 1.165) is 12.8 Å². The fourth-order valence-corrected chi connectivity index (χ4v) is 2.85. The molecule has 22 heavy (non-hydrogen) atoms. The predicted octanol–water partition coefficient (Wildman–Crippen LogP) is 2.11. The second-order valence-electron chi connectivity index (χ2n) is 5.68. The van der Waals surface area contributed by atoms with Gasteiger partial charge in [0.05, 0.1) is 0 Å². The number of hydrogen-bond acceptors (Lipinski definition) is 3. The van der Waals surface area contributed by atoms with E-state index < -0.39 is 12.1 Å². The van der Waals surface area contributed by atoms with Gasteiger partial charge in [-0.25, -0.2) is 10.3 Å². The van der Waals surface area contributed by atoms with Crippen LogP contribution in [0.2, 0.25) is 0 Å². The molecule has 0 saturated heterocycles. The van der Waals surface area contributed by atoms with Crippen molar-refractivity contribution in [3.8, 4) is 0 Å². The molecule has 0 aromatic heterocycles. The first-order valence-electron chi connectivity index (χ1n) is 7.74. The second-order valence-corrected chi connectivity index (χ2v) is 5.68. The molecule has 3 amide bonds. The highest BCUT2D eigenvalue weighted by molar-refractivity contribution is 5.87. The summed E-state index contributed by atoms with van der Waals surface area (Å²) in [4.78, 5) is 23.8. The standard InChI is InChI=1S/C16H23N3O3/c20-15(17-11-12-7-3-1-4-8-12)14(18-16(21)19-22)13-9-5-2-6-10-13/h2,5-6,9-10,12,14,22H,1,3-4,7-8,11H2,(H,17,20)(H2,18,19,21)/t14-/m1/s1. The summed E-state index contributed by atoms with van der Waals surface area (Å²) < 4.78 is 0. The van der Waals surface area contributed by atoms with Crippen molar-refractivity contribution in [3.63, 3.8) is 0 Å². The molecule has 1 aliphatic rings. The van der Waals surface area contributed by atoms with E-state index in [-0.39, 0.29) is 5.91 Å². The summed E-state index contributed by atoms with van der Waals surface area (Å²) in [6, 6.07) is 7.35. The summed E-state index contributed by atoms with van der Waals surface area (Å²) in [7, 11) is 0. The Morgan fingerprint density at radius 3 is 2.45 bits per heavy atom. The highest BCUT2D eigenvalue weighted by Gasteiger charge is 2.23. The van der Waals surface area contributed by atoms with E-state index in [1.54, 1.807) is 24.3 Å². The maximum atomic E-state index is 12.4. The van der Waals surface area contributed by atoms with Crippen LogP contribution in [0.4, 0.5) is 4.79 Å². The third kappa shape index (κ3) is 4.73. The van der Waals surface area contributed by atoms with Crippen molar-refractivity contribution >= 4 is 11.9 Å². The topological polar surface area (TPSA) is 90.5 Å². The van der Waals surface area contributed by atoms with E-state index >= 15 is 0 Å². The van der Waals surface area contributed by atoms with Gasteiger partial charge in [-0.15, -0.1) is 0 Å². The van der Waals surface area contributed by atoms with Gasteiger partial charge in [0.1, 0.15) is 6.04 Å². The smallest absolute Gasteiger partial charge is 0.339 e. The molecule has 1 saturated carbocycles. The summed E-state index contributed by atoms with van der Waals surface area (Å²) in [5.41, 5.74) is 2.17. The van der Waals surface area contributed by atoms with Crippen LogP contribution in [0.1, 0.15) is 43.7 Å². The first-order chi connectivity index (χ1) is 10.7. The number of nitrogens with one attached hydrogen (secondary N) is 3. The molecule has 2 rings (SSSR count). The van der Waals surface area contributed by atoms with Gasteiger partial charge in [-0.1, -0.05) is 49.6 Å². The zero-order valence-corrected chi connectivity index (χ0v) is 12.5. The molecule has 1 atom stereocenters. The average molecular weight is 305 g/mol. The van der Waals surface area contributed by atoms with Crippen LogP contribution >= 0.6 is 0 Å². The summed E-state index contributed by atoms with van der Waals surface area (Å²) in [6.45, 7) is 0.630. The normalized spacial score (nSPS) is 16.6. The lowest BCUT2D eigenvalue weighted by atomic mass is 9.89. The molecule has 1 aromatic carbocycles. The zero-order valence-electron chi connectivity index (χ0n) is 12.5. The number of benzene rings is 1. The minimum atomic E-state index is -0.822. The molecule has 0 radical (unpaired) electrons. The minimum absolute atomic E-state index is 0.264. The number of amides is 3. The maximum Gasteiger partial charge on any atom is 0.339 e. The van der Waals surface area contributed by atoms with E-state index in [2.05, 4.69) is 10.6 Å². The van der Waals surface area contributed by atoms with Gasteiger partial charge in [-0.3, -0.25) is 10.0 Å². The van der Waals surface area contributed by atoms with Gasteiger partial charge in [0.25, 0.3) is 0 Å². The average Bonchev–Trinajstić information content (AvgIpc) is 2.59. The highest BCUT2D eigenvalue weighted by atomic mass is 16.5. The van der Waals surface area contributed by atoms with Gasteiger partial charge in [0.2, 0.25) is 5.91 Å². The van der Waals surface area contributed by atoms with E-state index in [0.29, 0.717) is 18.0 Å². The molecule has 0 bridgehead atoms. The SMILES string of the molecule is O=C(NO)N[C@@H](C(=O)NCC1CCCCC1)c1ccccc1. The molecule has 0 heterocycles. The van der Waals surface area contributed by atoms with Crippen LogP contribution in [0.25, 0.3) is 0 Å². The number of hydroxylamine groups is 1. The predicted molar refractivity (Wildman–Crippen MR) is 82.2 cm³/mol. The Hall–Kier alpha value is -2.08. The lowest BCUT2D eigenvalue weighted by Gasteiger charge is -2.24. The van der Waals surface area contributed by atoms with Crippen molar-refractivity contribution in [3.05, 3.63) is 35.9 Å². The summed E-state index contributed by atoms with van der Waals surface area (Å²) >= 11 is 0. The first kappa shape index (κ1) is 16.3. The van der Waals surface area contributed by atoms with E-state index in [1.165, 1.54) is 24.7 Å². The van der Waals surface area contributed by atoms with Crippen LogP contribution in [0.3, 0.4) is 0 Å². The van der Waals surface area contributed by atoms with Crippen molar-refractivity contribution in [2.45, 2.75) is 38.1 Å². The third-order valence-electron chi connectivity index (χ3n) is 4.06. The van der Waals surface area contributed by atoms with Crippen molar-refractivity contribution in [2.75, 3.05) is 6.54 Å². The molecule has 6 heteroatoms. The molecular weight excluding hydrogens is 282 g/mol. The minimum Gasteiger partial charge on any atom is -0.354 e. The fraction of sp³-hybridized carbons (Fsp3) is 0.500. The van der Waals surface area contributed by atoms with Gasteiger partial charge in [-0.05, 0) is 24.3 Å². The molecule has 6 nitrogen and oxygen atoms in total. The maximum absolute atomic E-state index is 12.4. The van der Waals surface area contributed by atoms with E-state index in [4.69, 9.17) is 5.21 Å². The van der Waals surface area contributed by atoms with Crippen LogP contribution < -0.4 is 16.1 Å². The molecule has 1 fully saturated rings. The largest absolute Gasteiger partial charge is 0.354 e. The van der Waals surface area contributed by atoms with Gasteiger partial charge >= 0.3 is 6.03 Å². The Bertz CT molecular complexity index is 487. The van der Waals surface area contributed by atoms with Crippen LogP contribution in [0, 0.1) is 5.92 Å². The third-order valence-corrected chi connectivity index (χ3v) is 4.06. The van der Waals surface area contributed by atoms with Crippen molar-refractivity contribution < 1.29 is 14.8 Å². The molecule has 0 aliphatic heterocycles. The Kier molecular flexibility index (Phi) is 6.21. The molecule has 1 aromatic rings. The Balaban J connectivity index is 1.97. The van der Waals surface area contributed by atoms with Crippen molar-refractivity contribution in [2.24, 2.45) is 5.92 Å². The summed E-state index contributed by atoms with van der Waals surface area (Å²) in [6.07, 6.45) is 5.98. The number of hydrogen-bond donors (Lipinski definition) is 4. The monoisotopic (exact) mass is 305 g/mol.